The highest BCUT2D eigenvalue weighted by Crippen LogP contribution is 2.30. The minimum absolute atomic E-state index is 0.241. The summed E-state index contributed by atoms with van der Waals surface area (Å²) in [5.41, 5.74) is 0.718. The zero-order valence-electron chi connectivity index (χ0n) is 14.5. The van der Waals surface area contributed by atoms with E-state index in [0.29, 0.717) is 10.1 Å². The summed E-state index contributed by atoms with van der Waals surface area (Å²) in [5, 5.41) is 0. The predicted molar refractivity (Wildman–Crippen MR) is 95.6 cm³/mol. The van der Waals surface area contributed by atoms with Gasteiger partial charge < -0.3 is 9.64 Å². The number of piperidine rings is 1. The molecule has 0 amide bonds. The molecule has 1 saturated heterocycles. The van der Waals surface area contributed by atoms with Gasteiger partial charge >= 0.3 is 6.55 Å². The van der Waals surface area contributed by atoms with Crippen molar-refractivity contribution in [3.8, 4) is 16.9 Å². The Morgan fingerprint density at radius 3 is 2.23 bits per heavy atom. The molecule has 4 nitrogen and oxygen atoms in total. The summed E-state index contributed by atoms with van der Waals surface area (Å²) in [6, 6.07) is 11.0. The third-order valence-corrected chi connectivity index (χ3v) is 5.19. The number of ether oxygens (including phenoxy) is 1. The molecule has 2 aromatic rings. The molecular weight excluding hydrogens is 338 g/mol. The van der Waals surface area contributed by atoms with Gasteiger partial charge in [0.25, 0.3) is 5.56 Å². The van der Waals surface area contributed by atoms with E-state index < -0.39 is 12.1 Å². The van der Waals surface area contributed by atoms with Gasteiger partial charge in [-0.15, -0.1) is 0 Å². The molecule has 2 fully saturated rings. The Labute approximate surface area is 151 Å². The summed E-state index contributed by atoms with van der Waals surface area (Å²) in [5.74, 6) is 0.805. The zero-order chi connectivity index (χ0) is 18.1. The number of likely N-dealkylation sites (tertiary alicyclic amines) is 1. The molecule has 1 aromatic heterocycles. The van der Waals surface area contributed by atoms with Crippen molar-refractivity contribution in [2.24, 2.45) is 0 Å². The predicted octanol–water partition coefficient (Wildman–Crippen LogP) is 3.92. The van der Waals surface area contributed by atoms with Crippen molar-refractivity contribution in [1.82, 2.24) is 9.47 Å². The van der Waals surface area contributed by atoms with Crippen LogP contribution in [-0.4, -0.2) is 34.7 Å². The normalized spacial score (nSPS) is 19.0. The molecule has 0 radical (unpaired) electrons. The molecule has 0 spiro atoms. The van der Waals surface area contributed by atoms with E-state index >= 15 is 0 Å². The van der Waals surface area contributed by atoms with E-state index in [-0.39, 0.29) is 6.10 Å². The molecule has 138 valence electrons. The van der Waals surface area contributed by atoms with Crippen LogP contribution in [0, 0.1) is 0 Å². The molecule has 0 atom stereocenters. The van der Waals surface area contributed by atoms with E-state index in [9.17, 15) is 13.6 Å². The molecular formula is C20H22F2N2O2. The SMILES string of the molecule is O=c1cc(-c2ccc(OC3CCN(C4CC4)CC3)cc2)ccn1C(F)F. The highest BCUT2D eigenvalue weighted by atomic mass is 19.3. The molecule has 0 N–H and O–H groups in total. The lowest BCUT2D eigenvalue weighted by molar-refractivity contribution is 0.0664. The van der Waals surface area contributed by atoms with Crippen LogP contribution in [0.4, 0.5) is 8.78 Å². The lowest BCUT2D eigenvalue weighted by atomic mass is 10.1. The maximum absolute atomic E-state index is 12.7. The number of benzene rings is 1. The second kappa shape index (κ2) is 7.19. The van der Waals surface area contributed by atoms with Crippen LogP contribution in [0.5, 0.6) is 5.75 Å². The minimum Gasteiger partial charge on any atom is -0.490 e. The quantitative estimate of drug-likeness (QED) is 0.811. The van der Waals surface area contributed by atoms with Gasteiger partial charge in [0, 0.05) is 31.4 Å². The number of alkyl halides is 2. The van der Waals surface area contributed by atoms with E-state index in [1.165, 1.54) is 25.0 Å². The van der Waals surface area contributed by atoms with E-state index in [4.69, 9.17) is 4.74 Å². The van der Waals surface area contributed by atoms with Gasteiger partial charge in [-0.1, -0.05) is 12.1 Å². The fourth-order valence-electron chi connectivity index (χ4n) is 3.55. The van der Waals surface area contributed by atoms with Crippen molar-refractivity contribution in [1.29, 1.82) is 0 Å². The van der Waals surface area contributed by atoms with Gasteiger partial charge in [0.2, 0.25) is 0 Å². The fourth-order valence-corrected chi connectivity index (χ4v) is 3.55. The van der Waals surface area contributed by atoms with Crippen LogP contribution in [0.1, 0.15) is 32.2 Å². The topological polar surface area (TPSA) is 34.5 Å². The molecule has 6 heteroatoms. The first-order valence-corrected chi connectivity index (χ1v) is 9.11. The minimum atomic E-state index is -2.82. The van der Waals surface area contributed by atoms with Gasteiger partial charge in [0.1, 0.15) is 11.9 Å². The van der Waals surface area contributed by atoms with Crippen molar-refractivity contribution in [2.45, 2.75) is 44.4 Å². The number of hydrogen-bond acceptors (Lipinski definition) is 3. The van der Waals surface area contributed by atoms with Gasteiger partial charge in [0.15, 0.2) is 0 Å². The number of pyridine rings is 1. The van der Waals surface area contributed by atoms with Gasteiger partial charge in [-0.2, -0.15) is 8.78 Å². The molecule has 0 unspecified atom stereocenters. The van der Waals surface area contributed by atoms with E-state index in [2.05, 4.69) is 4.90 Å². The van der Waals surface area contributed by atoms with Crippen molar-refractivity contribution in [3.63, 3.8) is 0 Å². The Kier molecular flexibility index (Phi) is 4.76. The van der Waals surface area contributed by atoms with E-state index in [1.54, 1.807) is 0 Å². The molecule has 2 aliphatic rings. The van der Waals surface area contributed by atoms with E-state index in [0.717, 1.165) is 49.5 Å². The first-order valence-electron chi connectivity index (χ1n) is 9.11. The zero-order valence-corrected chi connectivity index (χ0v) is 14.5. The van der Waals surface area contributed by atoms with Crippen LogP contribution < -0.4 is 10.3 Å². The summed E-state index contributed by atoms with van der Waals surface area (Å²) >= 11 is 0. The molecule has 2 heterocycles. The van der Waals surface area contributed by atoms with E-state index in [1.807, 2.05) is 24.3 Å². The first kappa shape index (κ1) is 17.2. The van der Waals surface area contributed by atoms with Crippen LogP contribution in [0.2, 0.25) is 0 Å². The Morgan fingerprint density at radius 1 is 0.962 bits per heavy atom. The maximum Gasteiger partial charge on any atom is 0.321 e. The Balaban J connectivity index is 1.39. The molecule has 1 aliphatic carbocycles. The fraction of sp³-hybridized carbons (Fsp3) is 0.450. The highest BCUT2D eigenvalue weighted by molar-refractivity contribution is 5.63. The highest BCUT2D eigenvalue weighted by Gasteiger charge is 2.32. The average molecular weight is 360 g/mol. The Morgan fingerprint density at radius 2 is 1.65 bits per heavy atom. The lowest BCUT2D eigenvalue weighted by Crippen LogP contribution is -2.39. The number of nitrogens with zero attached hydrogens (tertiary/aromatic N) is 2. The summed E-state index contributed by atoms with van der Waals surface area (Å²) in [6.07, 6.45) is 6.14. The maximum atomic E-state index is 12.7. The van der Waals surface area contributed by atoms with Crippen LogP contribution in [0.3, 0.4) is 0 Å². The third-order valence-electron chi connectivity index (χ3n) is 5.19. The van der Waals surface area contributed by atoms with Crippen LogP contribution in [0.25, 0.3) is 11.1 Å². The van der Waals surface area contributed by atoms with Crippen LogP contribution in [0.15, 0.2) is 47.4 Å². The molecule has 4 rings (SSSR count). The molecule has 26 heavy (non-hydrogen) atoms. The monoisotopic (exact) mass is 360 g/mol. The smallest absolute Gasteiger partial charge is 0.321 e. The molecule has 0 bridgehead atoms. The standard InChI is InChI=1S/C20H22F2N2O2/c21-20(22)24-12-7-15(13-19(24)25)14-1-5-17(6-2-14)26-18-8-10-23(11-9-18)16-3-4-16/h1-2,5-7,12-13,16,18,20H,3-4,8-11H2. The number of hydrogen-bond donors (Lipinski definition) is 0. The number of aromatic nitrogens is 1. The molecule has 1 saturated carbocycles. The Hall–Kier alpha value is -2.21. The lowest BCUT2D eigenvalue weighted by Gasteiger charge is -2.32. The number of halogens is 2. The van der Waals surface area contributed by atoms with Gasteiger partial charge in [-0.3, -0.25) is 9.36 Å². The Bertz CT molecular complexity index is 807. The summed E-state index contributed by atoms with van der Waals surface area (Å²) in [7, 11) is 0. The third kappa shape index (κ3) is 3.80. The molecule has 1 aromatic carbocycles. The first-order chi connectivity index (χ1) is 12.6. The largest absolute Gasteiger partial charge is 0.490 e. The summed E-state index contributed by atoms with van der Waals surface area (Å²) < 4.78 is 31.8. The second-order valence-corrected chi connectivity index (χ2v) is 7.05. The van der Waals surface area contributed by atoms with Crippen LogP contribution in [-0.2, 0) is 0 Å². The van der Waals surface area contributed by atoms with Crippen molar-refractivity contribution in [2.75, 3.05) is 13.1 Å². The van der Waals surface area contributed by atoms with Crippen molar-refractivity contribution < 1.29 is 13.5 Å². The summed E-state index contributed by atoms with van der Waals surface area (Å²) in [4.78, 5) is 14.3. The van der Waals surface area contributed by atoms with Crippen molar-refractivity contribution >= 4 is 0 Å². The average Bonchev–Trinajstić information content (AvgIpc) is 3.48. The van der Waals surface area contributed by atoms with Gasteiger partial charge in [-0.05, 0) is 55.0 Å². The molecule has 1 aliphatic heterocycles. The van der Waals surface area contributed by atoms with Gasteiger partial charge in [-0.25, -0.2) is 0 Å². The second-order valence-electron chi connectivity index (χ2n) is 7.05. The van der Waals surface area contributed by atoms with Crippen LogP contribution >= 0.6 is 0 Å². The number of rotatable bonds is 5. The van der Waals surface area contributed by atoms with Gasteiger partial charge in [0.05, 0.1) is 0 Å². The van der Waals surface area contributed by atoms with Crippen molar-refractivity contribution in [3.05, 3.63) is 52.9 Å². The summed E-state index contributed by atoms with van der Waals surface area (Å²) in [6.45, 7) is -0.611.